The van der Waals surface area contributed by atoms with Gasteiger partial charge >= 0.3 is 5.97 Å². The van der Waals surface area contributed by atoms with Crippen molar-refractivity contribution in [2.75, 3.05) is 0 Å². The van der Waals surface area contributed by atoms with Crippen molar-refractivity contribution in [2.45, 2.75) is 11.1 Å². The number of aromatic nitrogens is 2. The summed E-state index contributed by atoms with van der Waals surface area (Å²) in [7, 11) is 0. The van der Waals surface area contributed by atoms with E-state index in [1.165, 1.54) is 0 Å². The summed E-state index contributed by atoms with van der Waals surface area (Å²) in [6.45, 7) is 0. The molecule has 17 heavy (non-hydrogen) atoms. The van der Waals surface area contributed by atoms with Crippen LogP contribution in [0.3, 0.4) is 0 Å². The van der Waals surface area contributed by atoms with Gasteiger partial charge in [0.15, 0.2) is 0 Å². The standard InChI is InChI=1S/C12H10N2O2S/c15-12(16)9-3-5-14-10(9)7-17-11(14)8-2-1-4-13-6-8/h1-6,11H,7H2,(H,15,16). The Morgan fingerprint density at radius 1 is 1.53 bits per heavy atom. The van der Waals surface area contributed by atoms with Gasteiger partial charge in [-0.25, -0.2) is 4.79 Å². The fourth-order valence-corrected chi connectivity index (χ4v) is 3.37. The van der Waals surface area contributed by atoms with Crippen molar-refractivity contribution in [1.82, 2.24) is 9.55 Å². The molecule has 1 unspecified atom stereocenters. The molecule has 0 fully saturated rings. The molecule has 2 aromatic heterocycles. The highest BCUT2D eigenvalue weighted by Gasteiger charge is 2.28. The number of carboxylic acids is 1. The molecule has 3 heterocycles. The first kappa shape index (κ1) is 10.4. The summed E-state index contributed by atoms with van der Waals surface area (Å²) in [6.07, 6.45) is 5.41. The van der Waals surface area contributed by atoms with E-state index in [4.69, 9.17) is 5.11 Å². The van der Waals surface area contributed by atoms with Gasteiger partial charge in [0.1, 0.15) is 5.37 Å². The maximum Gasteiger partial charge on any atom is 0.337 e. The van der Waals surface area contributed by atoms with Crippen LogP contribution in [0.1, 0.15) is 27.0 Å². The van der Waals surface area contributed by atoms with Gasteiger partial charge in [-0.1, -0.05) is 6.07 Å². The van der Waals surface area contributed by atoms with E-state index in [-0.39, 0.29) is 5.37 Å². The summed E-state index contributed by atoms with van der Waals surface area (Å²) < 4.78 is 2.02. The van der Waals surface area contributed by atoms with Crippen molar-refractivity contribution in [3.05, 3.63) is 53.6 Å². The van der Waals surface area contributed by atoms with Gasteiger partial charge in [-0.15, -0.1) is 11.8 Å². The topological polar surface area (TPSA) is 55.1 Å². The SMILES string of the molecule is O=C(O)c1ccn2c1CSC2c1cccnc1. The number of hydrogen-bond acceptors (Lipinski definition) is 3. The van der Waals surface area contributed by atoms with E-state index in [1.807, 2.05) is 29.1 Å². The fourth-order valence-electron chi connectivity index (χ4n) is 2.06. The molecule has 0 aliphatic carbocycles. The number of pyridine rings is 1. The van der Waals surface area contributed by atoms with E-state index in [0.717, 1.165) is 17.0 Å². The fraction of sp³-hybridized carbons (Fsp3) is 0.167. The molecule has 5 heteroatoms. The number of carbonyl (C=O) groups is 1. The largest absolute Gasteiger partial charge is 0.478 e. The Balaban J connectivity index is 2.03. The van der Waals surface area contributed by atoms with Gasteiger partial charge in [0.05, 0.1) is 5.56 Å². The first-order valence-corrected chi connectivity index (χ1v) is 6.27. The predicted molar refractivity (Wildman–Crippen MR) is 65.1 cm³/mol. The number of nitrogens with zero attached hydrogens (tertiary/aromatic N) is 2. The average molecular weight is 246 g/mol. The first-order valence-electron chi connectivity index (χ1n) is 5.22. The highest BCUT2D eigenvalue weighted by molar-refractivity contribution is 7.99. The molecule has 3 rings (SSSR count). The number of rotatable bonds is 2. The molecule has 0 spiro atoms. The maximum absolute atomic E-state index is 11.0. The lowest BCUT2D eigenvalue weighted by Gasteiger charge is -2.11. The van der Waals surface area contributed by atoms with E-state index in [0.29, 0.717) is 5.56 Å². The maximum atomic E-state index is 11.0. The molecule has 1 aliphatic rings. The molecule has 86 valence electrons. The number of carboxylic acid groups (broad SMARTS) is 1. The van der Waals surface area contributed by atoms with Gasteiger partial charge in [0.2, 0.25) is 0 Å². The molecule has 0 bridgehead atoms. The Kier molecular flexibility index (Phi) is 2.40. The molecule has 0 saturated carbocycles. The smallest absolute Gasteiger partial charge is 0.337 e. The quantitative estimate of drug-likeness (QED) is 0.883. The number of aromatic carboxylic acids is 1. The van der Waals surface area contributed by atoms with Crippen molar-refractivity contribution in [3.8, 4) is 0 Å². The molecular formula is C12H10N2O2S. The zero-order chi connectivity index (χ0) is 11.8. The normalized spacial score (nSPS) is 18.0. The summed E-state index contributed by atoms with van der Waals surface area (Å²) in [5.41, 5.74) is 2.39. The zero-order valence-electron chi connectivity index (χ0n) is 8.91. The second-order valence-electron chi connectivity index (χ2n) is 3.84. The second kappa shape index (κ2) is 3.92. The van der Waals surface area contributed by atoms with Crippen LogP contribution < -0.4 is 0 Å². The van der Waals surface area contributed by atoms with Crippen molar-refractivity contribution in [1.29, 1.82) is 0 Å². The van der Waals surface area contributed by atoms with Crippen LogP contribution in [0.4, 0.5) is 0 Å². The van der Waals surface area contributed by atoms with Crippen molar-refractivity contribution in [3.63, 3.8) is 0 Å². The molecule has 0 aromatic carbocycles. The molecule has 0 saturated heterocycles. The number of fused-ring (bicyclic) bond motifs is 1. The van der Waals surface area contributed by atoms with Crippen LogP contribution in [-0.2, 0) is 5.75 Å². The lowest BCUT2D eigenvalue weighted by atomic mass is 10.2. The van der Waals surface area contributed by atoms with Gasteiger partial charge in [-0.3, -0.25) is 4.98 Å². The Bertz CT molecular complexity index is 565. The summed E-state index contributed by atoms with van der Waals surface area (Å²) in [4.78, 5) is 15.1. The minimum absolute atomic E-state index is 0.145. The molecule has 0 radical (unpaired) electrons. The van der Waals surface area contributed by atoms with E-state index in [2.05, 4.69) is 4.98 Å². The third-order valence-corrected chi connectivity index (χ3v) is 4.11. The second-order valence-corrected chi connectivity index (χ2v) is 4.91. The van der Waals surface area contributed by atoms with Crippen molar-refractivity contribution in [2.24, 2.45) is 0 Å². The third kappa shape index (κ3) is 1.63. The monoisotopic (exact) mass is 246 g/mol. The highest BCUT2D eigenvalue weighted by Crippen LogP contribution is 2.41. The Morgan fingerprint density at radius 2 is 2.41 bits per heavy atom. The van der Waals surface area contributed by atoms with Crippen LogP contribution in [0, 0.1) is 0 Å². The van der Waals surface area contributed by atoms with Gasteiger partial charge in [-0.2, -0.15) is 0 Å². The van der Waals surface area contributed by atoms with E-state index >= 15 is 0 Å². The average Bonchev–Trinajstić information content (AvgIpc) is 2.89. The van der Waals surface area contributed by atoms with Crippen LogP contribution in [-0.4, -0.2) is 20.6 Å². The highest BCUT2D eigenvalue weighted by atomic mass is 32.2. The molecule has 1 atom stereocenters. The summed E-state index contributed by atoms with van der Waals surface area (Å²) in [5, 5.41) is 9.20. The van der Waals surface area contributed by atoms with Gasteiger partial charge in [0.25, 0.3) is 0 Å². The van der Waals surface area contributed by atoms with E-state index in [9.17, 15) is 4.79 Å². The van der Waals surface area contributed by atoms with Crippen LogP contribution in [0.15, 0.2) is 36.8 Å². The summed E-state index contributed by atoms with van der Waals surface area (Å²) in [6, 6.07) is 5.58. The van der Waals surface area contributed by atoms with E-state index in [1.54, 1.807) is 24.0 Å². The molecular weight excluding hydrogens is 236 g/mol. The molecule has 1 aliphatic heterocycles. The zero-order valence-corrected chi connectivity index (χ0v) is 9.72. The molecule has 1 N–H and O–H groups in total. The van der Waals surface area contributed by atoms with Crippen LogP contribution in [0.2, 0.25) is 0 Å². The van der Waals surface area contributed by atoms with Crippen molar-refractivity contribution >= 4 is 17.7 Å². The molecule has 0 amide bonds. The minimum Gasteiger partial charge on any atom is -0.478 e. The molecule has 4 nitrogen and oxygen atoms in total. The van der Waals surface area contributed by atoms with Gasteiger partial charge in [0, 0.05) is 35.6 Å². The third-order valence-electron chi connectivity index (χ3n) is 2.85. The van der Waals surface area contributed by atoms with Crippen LogP contribution in [0.5, 0.6) is 0 Å². The summed E-state index contributed by atoms with van der Waals surface area (Å²) >= 11 is 1.72. The Labute approximate surface area is 102 Å². The summed E-state index contributed by atoms with van der Waals surface area (Å²) in [5.74, 6) is -0.125. The first-order chi connectivity index (χ1) is 8.27. The Morgan fingerprint density at radius 3 is 3.12 bits per heavy atom. The number of thioether (sulfide) groups is 1. The van der Waals surface area contributed by atoms with Crippen LogP contribution in [0.25, 0.3) is 0 Å². The van der Waals surface area contributed by atoms with Crippen molar-refractivity contribution < 1.29 is 9.90 Å². The minimum atomic E-state index is -0.855. The lowest BCUT2D eigenvalue weighted by Crippen LogP contribution is -2.03. The van der Waals surface area contributed by atoms with Crippen LogP contribution >= 0.6 is 11.8 Å². The predicted octanol–water partition coefficient (Wildman–Crippen LogP) is 2.38. The Hall–Kier alpha value is -1.75. The van der Waals surface area contributed by atoms with Gasteiger partial charge in [-0.05, 0) is 12.1 Å². The lowest BCUT2D eigenvalue weighted by molar-refractivity contribution is 0.0696. The molecule has 2 aromatic rings. The number of hydrogen-bond donors (Lipinski definition) is 1. The van der Waals surface area contributed by atoms with Gasteiger partial charge < -0.3 is 9.67 Å². The van der Waals surface area contributed by atoms with E-state index < -0.39 is 5.97 Å².